The molecule has 1 N–H and O–H groups in total. The number of rotatable bonds is 6. The molecule has 1 unspecified atom stereocenters. The summed E-state index contributed by atoms with van der Waals surface area (Å²) in [6, 6.07) is 5.82. The van der Waals surface area contributed by atoms with E-state index in [1.807, 2.05) is 0 Å². The molecule has 1 aliphatic heterocycles. The minimum atomic E-state index is -3.41. The van der Waals surface area contributed by atoms with Gasteiger partial charge in [0.25, 0.3) is 5.91 Å². The second kappa shape index (κ2) is 9.44. The van der Waals surface area contributed by atoms with Crippen molar-refractivity contribution in [2.45, 2.75) is 55.8 Å². The fraction of sp³-hybridized carbons (Fsp3) is 0.478. The molecule has 1 aromatic heterocycles. The molecule has 184 valence electrons. The standard InChI is InChI=1S/C23H26F2N2O5S2/c1-23(2)31-11-20(32-23)19-12-33-22(26-19)27-21(28)16(8-13-9-17(24)18(25)10-13)14-4-6-15(7-5-14)34(3,29)30/h4-8,12-13,17-18,20H,9-11H2,1-3H3,(H,26,27,28)/b16-8+/t13?,17-,18+,20-/m1/s1. The Kier molecular flexibility index (Phi) is 6.92. The van der Waals surface area contributed by atoms with E-state index in [2.05, 4.69) is 10.3 Å². The van der Waals surface area contributed by atoms with Gasteiger partial charge in [0.15, 0.2) is 20.8 Å². The van der Waals surface area contributed by atoms with Crippen LogP contribution in [0.5, 0.6) is 0 Å². The van der Waals surface area contributed by atoms with Crippen molar-refractivity contribution in [3.63, 3.8) is 0 Å². The molecule has 4 rings (SSSR count). The number of sulfone groups is 1. The summed E-state index contributed by atoms with van der Waals surface area (Å²) < 4.78 is 62.4. The Balaban J connectivity index is 1.57. The van der Waals surface area contributed by atoms with Crippen LogP contribution in [0.15, 0.2) is 40.6 Å². The number of alkyl halides is 2. The molecule has 1 aliphatic carbocycles. The van der Waals surface area contributed by atoms with Crippen LogP contribution in [0.1, 0.15) is 44.1 Å². The largest absolute Gasteiger partial charge is 0.347 e. The van der Waals surface area contributed by atoms with Gasteiger partial charge in [-0.15, -0.1) is 11.3 Å². The van der Waals surface area contributed by atoms with Gasteiger partial charge in [0, 0.05) is 17.2 Å². The van der Waals surface area contributed by atoms with E-state index in [-0.39, 0.29) is 29.4 Å². The Morgan fingerprint density at radius 3 is 2.41 bits per heavy atom. The average Bonchev–Trinajstić information content (AvgIpc) is 3.44. The molecule has 7 nitrogen and oxygen atoms in total. The first-order valence-corrected chi connectivity index (χ1v) is 13.6. The third-order valence-corrected chi connectivity index (χ3v) is 7.67. The van der Waals surface area contributed by atoms with Gasteiger partial charge in [-0.3, -0.25) is 10.1 Å². The van der Waals surface area contributed by atoms with Crippen LogP contribution in [0.2, 0.25) is 0 Å². The third kappa shape index (κ3) is 5.70. The lowest BCUT2D eigenvalue weighted by Crippen LogP contribution is -2.19. The Labute approximate surface area is 201 Å². The Morgan fingerprint density at radius 1 is 1.21 bits per heavy atom. The summed E-state index contributed by atoms with van der Waals surface area (Å²) in [5.74, 6) is -1.68. The van der Waals surface area contributed by atoms with Crippen LogP contribution in [0.4, 0.5) is 13.9 Å². The van der Waals surface area contributed by atoms with E-state index in [4.69, 9.17) is 9.47 Å². The van der Waals surface area contributed by atoms with Gasteiger partial charge in [-0.1, -0.05) is 18.2 Å². The molecule has 2 heterocycles. The summed E-state index contributed by atoms with van der Waals surface area (Å²) in [4.78, 5) is 17.7. The van der Waals surface area contributed by atoms with Gasteiger partial charge < -0.3 is 9.47 Å². The van der Waals surface area contributed by atoms with Crippen LogP contribution in [0.25, 0.3) is 5.57 Å². The topological polar surface area (TPSA) is 94.6 Å². The smallest absolute Gasteiger partial charge is 0.257 e. The van der Waals surface area contributed by atoms with E-state index in [9.17, 15) is 22.0 Å². The number of carbonyl (C=O) groups is 1. The summed E-state index contributed by atoms with van der Waals surface area (Å²) in [6.45, 7) is 3.96. The van der Waals surface area contributed by atoms with Crippen molar-refractivity contribution in [1.82, 2.24) is 4.98 Å². The van der Waals surface area contributed by atoms with Gasteiger partial charge in [0.05, 0.1) is 17.2 Å². The first-order valence-electron chi connectivity index (χ1n) is 10.8. The number of thiazole rings is 1. The average molecular weight is 513 g/mol. The molecule has 0 spiro atoms. The number of hydrogen-bond donors (Lipinski definition) is 1. The molecular formula is C23H26F2N2O5S2. The minimum Gasteiger partial charge on any atom is -0.347 e. The van der Waals surface area contributed by atoms with Crippen LogP contribution < -0.4 is 5.32 Å². The first-order chi connectivity index (χ1) is 15.9. The number of anilines is 1. The number of benzene rings is 1. The maximum atomic E-state index is 13.8. The lowest BCUT2D eigenvalue weighted by atomic mass is 9.98. The van der Waals surface area contributed by atoms with Crippen LogP contribution >= 0.6 is 11.3 Å². The quantitative estimate of drug-likeness (QED) is 0.574. The lowest BCUT2D eigenvalue weighted by molar-refractivity contribution is -0.139. The predicted octanol–water partition coefficient (Wildman–Crippen LogP) is 4.48. The Bertz CT molecular complexity index is 1180. The van der Waals surface area contributed by atoms with E-state index in [0.717, 1.165) is 6.26 Å². The van der Waals surface area contributed by atoms with E-state index in [0.29, 0.717) is 23.0 Å². The number of aromatic nitrogens is 1. The summed E-state index contributed by atoms with van der Waals surface area (Å²) in [6.07, 6.45) is -0.882. The molecule has 0 radical (unpaired) electrons. The van der Waals surface area contributed by atoms with Gasteiger partial charge in [-0.25, -0.2) is 22.2 Å². The fourth-order valence-electron chi connectivity index (χ4n) is 4.02. The third-order valence-electron chi connectivity index (χ3n) is 5.77. The number of hydrogen-bond acceptors (Lipinski definition) is 7. The molecule has 1 amide bonds. The Morgan fingerprint density at radius 2 is 1.85 bits per heavy atom. The van der Waals surface area contributed by atoms with Gasteiger partial charge in [-0.05, 0) is 50.3 Å². The molecule has 1 saturated heterocycles. The van der Waals surface area contributed by atoms with Crippen LogP contribution in [-0.4, -0.2) is 50.3 Å². The van der Waals surface area contributed by atoms with Crippen molar-refractivity contribution in [2.24, 2.45) is 5.92 Å². The zero-order valence-electron chi connectivity index (χ0n) is 19.0. The number of halogens is 2. The summed E-state index contributed by atoms with van der Waals surface area (Å²) in [5.41, 5.74) is 1.27. The molecule has 0 bridgehead atoms. The number of ether oxygens (including phenoxy) is 2. The van der Waals surface area contributed by atoms with Crippen LogP contribution in [-0.2, 0) is 24.1 Å². The van der Waals surface area contributed by atoms with Gasteiger partial charge in [0.2, 0.25) is 0 Å². The number of nitrogens with one attached hydrogen (secondary N) is 1. The zero-order valence-corrected chi connectivity index (χ0v) is 20.6. The normalized spacial score (nSPS) is 27.1. The summed E-state index contributed by atoms with van der Waals surface area (Å²) in [5, 5.41) is 4.85. The minimum absolute atomic E-state index is 0.0183. The maximum Gasteiger partial charge on any atom is 0.257 e. The highest BCUT2D eigenvalue weighted by Gasteiger charge is 2.36. The van der Waals surface area contributed by atoms with E-state index in [1.165, 1.54) is 35.6 Å². The molecule has 2 aromatic rings. The van der Waals surface area contributed by atoms with Crippen molar-refractivity contribution >= 4 is 37.8 Å². The molecule has 1 saturated carbocycles. The highest BCUT2D eigenvalue weighted by molar-refractivity contribution is 7.90. The van der Waals surface area contributed by atoms with Crippen molar-refractivity contribution in [3.05, 3.63) is 47.0 Å². The highest BCUT2D eigenvalue weighted by Crippen LogP contribution is 2.36. The van der Waals surface area contributed by atoms with Crippen molar-refractivity contribution in [2.75, 3.05) is 18.2 Å². The van der Waals surface area contributed by atoms with Crippen LogP contribution in [0.3, 0.4) is 0 Å². The predicted molar refractivity (Wildman–Crippen MR) is 125 cm³/mol. The molecule has 4 atom stereocenters. The Hall–Kier alpha value is -2.21. The van der Waals surface area contributed by atoms with E-state index >= 15 is 0 Å². The molecule has 11 heteroatoms. The lowest BCUT2D eigenvalue weighted by Gasteiger charge is -2.16. The van der Waals surface area contributed by atoms with Gasteiger partial charge >= 0.3 is 0 Å². The molecule has 34 heavy (non-hydrogen) atoms. The van der Waals surface area contributed by atoms with Crippen molar-refractivity contribution < 1.29 is 31.5 Å². The number of amides is 1. The maximum absolute atomic E-state index is 13.8. The highest BCUT2D eigenvalue weighted by atomic mass is 32.2. The summed E-state index contributed by atoms with van der Waals surface area (Å²) in [7, 11) is -3.41. The van der Waals surface area contributed by atoms with Crippen molar-refractivity contribution in [1.29, 1.82) is 0 Å². The molecule has 1 aromatic carbocycles. The second-order valence-electron chi connectivity index (χ2n) is 8.99. The number of allylic oxidation sites excluding steroid dienone is 1. The van der Waals surface area contributed by atoms with Gasteiger partial charge in [-0.2, -0.15) is 0 Å². The SMILES string of the molecule is CC1(C)OC[C@H](c2csc(NC(=O)/C(=C/C3C[C@@H](F)[C@@H](F)C3)c3ccc(S(C)(=O)=O)cc3)n2)O1. The fourth-order valence-corrected chi connectivity index (χ4v) is 5.39. The first kappa shape index (κ1) is 24.9. The van der Waals surface area contributed by atoms with Crippen molar-refractivity contribution in [3.8, 4) is 0 Å². The zero-order chi connectivity index (χ0) is 24.7. The summed E-state index contributed by atoms with van der Waals surface area (Å²) >= 11 is 1.22. The molecule has 2 fully saturated rings. The van der Waals surface area contributed by atoms with E-state index < -0.39 is 39.8 Å². The second-order valence-corrected chi connectivity index (χ2v) is 11.9. The van der Waals surface area contributed by atoms with Gasteiger partial charge in [0.1, 0.15) is 18.4 Å². The number of carbonyl (C=O) groups excluding carboxylic acids is 1. The monoisotopic (exact) mass is 512 g/mol. The van der Waals surface area contributed by atoms with E-state index in [1.54, 1.807) is 25.3 Å². The molecular weight excluding hydrogens is 486 g/mol. The number of nitrogens with zero attached hydrogens (tertiary/aromatic N) is 1. The molecule has 2 aliphatic rings. The van der Waals surface area contributed by atoms with Crippen LogP contribution in [0, 0.1) is 5.92 Å².